The lowest BCUT2D eigenvalue weighted by Gasteiger charge is -2.14. The zero-order valence-electron chi connectivity index (χ0n) is 30.1. The first-order valence-electron chi connectivity index (χ1n) is 18.3. The molecule has 0 aliphatic rings. The number of aliphatic carboxylic acids is 2. The van der Waals surface area contributed by atoms with E-state index in [-0.39, 0.29) is 69.9 Å². The average molecular weight is 704 g/mol. The van der Waals surface area contributed by atoms with Crippen molar-refractivity contribution in [1.82, 2.24) is 16.0 Å². The highest BCUT2D eigenvalue weighted by atomic mass is 16.5. The van der Waals surface area contributed by atoms with Gasteiger partial charge in [-0.1, -0.05) is 84.0 Å². The van der Waals surface area contributed by atoms with Gasteiger partial charge in [-0.2, -0.15) is 0 Å². The van der Waals surface area contributed by atoms with Crippen LogP contribution in [0.1, 0.15) is 117 Å². The number of carbonyl (C=O) groups is 5. The third-order valence-electron chi connectivity index (χ3n) is 7.71. The fourth-order valence-corrected chi connectivity index (χ4v) is 4.79. The molecular weight excluding hydrogens is 638 g/mol. The summed E-state index contributed by atoms with van der Waals surface area (Å²) < 4.78 is 20.9. The molecule has 14 heteroatoms. The first kappa shape index (κ1) is 46.2. The molecule has 0 aromatic rings. The standard InChI is InChI=1S/C35H65N3O11/c1-3-4-5-6-7-8-9-10-11-12-13-14-15-16-32(40)38-29(2)17-18-31(39)36-19-21-46-24-26-49-28-33(41)37-20-22-47-23-25-48-27-30(34(42)43)35(44)45/h29-30H,3-28H2,1-2H3,(H,36,39)(H,37,41)(H,38,40)(H,42,43)(H,44,45)/t29-/m0/s1. The fourth-order valence-electron chi connectivity index (χ4n) is 4.79. The third kappa shape index (κ3) is 32.2. The third-order valence-corrected chi connectivity index (χ3v) is 7.71. The number of unbranched alkanes of at least 4 members (excludes halogenated alkanes) is 12. The van der Waals surface area contributed by atoms with Crippen LogP contribution in [0.5, 0.6) is 0 Å². The summed E-state index contributed by atoms with van der Waals surface area (Å²) in [7, 11) is 0. The van der Waals surface area contributed by atoms with Crippen LogP contribution in [-0.2, 0) is 42.9 Å². The van der Waals surface area contributed by atoms with Crippen LogP contribution in [-0.4, -0.2) is 112 Å². The van der Waals surface area contributed by atoms with Gasteiger partial charge in [0.2, 0.25) is 17.7 Å². The van der Waals surface area contributed by atoms with Crippen LogP contribution < -0.4 is 16.0 Å². The normalized spacial score (nSPS) is 11.7. The molecule has 49 heavy (non-hydrogen) atoms. The molecule has 3 amide bonds. The maximum atomic E-state index is 12.2. The van der Waals surface area contributed by atoms with Gasteiger partial charge in [-0.05, 0) is 19.8 Å². The summed E-state index contributed by atoms with van der Waals surface area (Å²) in [5.41, 5.74) is 0. The molecule has 286 valence electrons. The molecule has 0 heterocycles. The molecule has 0 radical (unpaired) electrons. The lowest BCUT2D eigenvalue weighted by Crippen LogP contribution is -2.34. The Balaban J connectivity index is 3.52. The predicted octanol–water partition coefficient (Wildman–Crippen LogP) is 3.84. The molecule has 0 aromatic carbocycles. The van der Waals surface area contributed by atoms with E-state index in [0.29, 0.717) is 32.4 Å². The second kappa shape index (κ2) is 33.7. The van der Waals surface area contributed by atoms with E-state index >= 15 is 0 Å². The summed E-state index contributed by atoms with van der Waals surface area (Å²) in [5, 5.41) is 25.9. The van der Waals surface area contributed by atoms with Gasteiger partial charge in [0.25, 0.3) is 0 Å². The predicted molar refractivity (Wildman–Crippen MR) is 185 cm³/mol. The number of rotatable bonds is 36. The molecule has 0 saturated heterocycles. The van der Waals surface area contributed by atoms with Gasteiger partial charge >= 0.3 is 11.9 Å². The van der Waals surface area contributed by atoms with E-state index in [4.69, 9.17) is 29.2 Å². The Hall–Kier alpha value is -2.81. The largest absolute Gasteiger partial charge is 0.481 e. The van der Waals surface area contributed by atoms with Crippen molar-refractivity contribution in [2.24, 2.45) is 5.92 Å². The number of amides is 3. The molecule has 0 rings (SSSR count). The quantitative estimate of drug-likeness (QED) is 0.0469. The van der Waals surface area contributed by atoms with Crippen LogP contribution in [0.25, 0.3) is 0 Å². The molecule has 14 nitrogen and oxygen atoms in total. The van der Waals surface area contributed by atoms with Gasteiger partial charge in [-0.3, -0.25) is 24.0 Å². The molecular formula is C35H65N3O11. The highest BCUT2D eigenvalue weighted by Crippen LogP contribution is 2.13. The summed E-state index contributed by atoms with van der Waals surface area (Å²) in [6.07, 6.45) is 18.0. The highest BCUT2D eigenvalue weighted by Gasteiger charge is 2.25. The van der Waals surface area contributed by atoms with Crippen molar-refractivity contribution in [2.75, 3.05) is 65.9 Å². The van der Waals surface area contributed by atoms with Gasteiger partial charge in [-0.25, -0.2) is 0 Å². The summed E-state index contributed by atoms with van der Waals surface area (Å²) >= 11 is 0. The van der Waals surface area contributed by atoms with Gasteiger partial charge in [0.1, 0.15) is 6.61 Å². The van der Waals surface area contributed by atoms with E-state index < -0.39 is 24.5 Å². The lowest BCUT2D eigenvalue weighted by molar-refractivity contribution is -0.157. The van der Waals surface area contributed by atoms with Crippen molar-refractivity contribution in [3.63, 3.8) is 0 Å². The van der Waals surface area contributed by atoms with Gasteiger partial charge in [0.05, 0.1) is 46.2 Å². The Kier molecular flexibility index (Phi) is 31.7. The molecule has 0 aliphatic carbocycles. The Morgan fingerprint density at radius 1 is 0.551 bits per heavy atom. The molecule has 0 spiro atoms. The van der Waals surface area contributed by atoms with Gasteiger partial charge in [-0.15, -0.1) is 0 Å². The zero-order chi connectivity index (χ0) is 36.4. The van der Waals surface area contributed by atoms with Crippen LogP contribution in [0.3, 0.4) is 0 Å². The summed E-state index contributed by atoms with van der Waals surface area (Å²) in [6, 6.07) is -0.0647. The average Bonchev–Trinajstić information content (AvgIpc) is 3.05. The van der Waals surface area contributed by atoms with E-state index in [1.54, 1.807) is 0 Å². The molecule has 1 atom stereocenters. The number of hydrogen-bond acceptors (Lipinski definition) is 9. The van der Waals surface area contributed by atoms with Crippen molar-refractivity contribution in [3.8, 4) is 0 Å². The van der Waals surface area contributed by atoms with Crippen molar-refractivity contribution in [3.05, 3.63) is 0 Å². The second-order valence-corrected chi connectivity index (χ2v) is 12.3. The van der Waals surface area contributed by atoms with Crippen molar-refractivity contribution in [1.29, 1.82) is 0 Å². The fraction of sp³-hybridized carbons (Fsp3) is 0.857. The maximum Gasteiger partial charge on any atom is 0.320 e. The minimum Gasteiger partial charge on any atom is -0.481 e. The Morgan fingerprint density at radius 3 is 1.55 bits per heavy atom. The van der Waals surface area contributed by atoms with Crippen molar-refractivity contribution >= 4 is 29.7 Å². The second-order valence-electron chi connectivity index (χ2n) is 12.3. The Labute approximate surface area is 293 Å². The Bertz CT molecular complexity index is 862. The maximum absolute atomic E-state index is 12.2. The molecule has 0 aromatic heterocycles. The smallest absolute Gasteiger partial charge is 0.320 e. The van der Waals surface area contributed by atoms with Crippen molar-refractivity contribution < 1.29 is 53.1 Å². The minimum atomic E-state index is -1.62. The van der Waals surface area contributed by atoms with Crippen LogP contribution in [0.15, 0.2) is 0 Å². The summed E-state index contributed by atoms with van der Waals surface area (Å²) in [5.74, 6) is -4.95. The summed E-state index contributed by atoms with van der Waals surface area (Å²) in [6.45, 7) is 5.25. The number of carboxylic acids is 2. The zero-order valence-corrected chi connectivity index (χ0v) is 30.1. The van der Waals surface area contributed by atoms with Crippen LogP contribution in [0, 0.1) is 5.92 Å². The van der Waals surface area contributed by atoms with Crippen LogP contribution in [0.4, 0.5) is 0 Å². The number of carboxylic acid groups (broad SMARTS) is 2. The summed E-state index contributed by atoms with van der Waals surface area (Å²) in [4.78, 5) is 57.5. The van der Waals surface area contributed by atoms with E-state index in [2.05, 4.69) is 22.9 Å². The SMILES string of the molecule is CCCCCCCCCCCCCCCC(=O)N[C@@H](C)CCC(=O)NCCOCCOCC(=O)NCCOCCOCC(C(=O)O)C(=O)O. The monoisotopic (exact) mass is 703 g/mol. The van der Waals surface area contributed by atoms with E-state index in [1.165, 1.54) is 70.6 Å². The number of nitrogens with one attached hydrogen (secondary N) is 3. The van der Waals surface area contributed by atoms with E-state index in [9.17, 15) is 24.0 Å². The molecule has 5 N–H and O–H groups in total. The Morgan fingerprint density at radius 2 is 1.02 bits per heavy atom. The molecule has 0 saturated carbocycles. The molecule has 0 bridgehead atoms. The molecule has 0 fully saturated rings. The number of hydrogen-bond donors (Lipinski definition) is 5. The minimum absolute atomic E-state index is 0.0241. The van der Waals surface area contributed by atoms with Gasteiger partial charge in [0.15, 0.2) is 5.92 Å². The first-order valence-corrected chi connectivity index (χ1v) is 18.3. The first-order chi connectivity index (χ1) is 23.7. The number of carbonyl (C=O) groups excluding carboxylic acids is 3. The molecule has 0 aliphatic heterocycles. The van der Waals surface area contributed by atoms with Crippen molar-refractivity contribution in [2.45, 2.75) is 123 Å². The van der Waals surface area contributed by atoms with Crippen LogP contribution in [0.2, 0.25) is 0 Å². The highest BCUT2D eigenvalue weighted by molar-refractivity contribution is 5.93. The lowest BCUT2D eigenvalue weighted by atomic mass is 10.0. The topological polar surface area (TPSA) is 199 Å². The molecule has 0 unspecified atom stereocenters. The van der Waals surface area contributed by atoms with Gasteiger partial charge < -0.3 is 45.1 Å². The van der Waals surface area contributed by atoms with E-state index in [0.717, 1.165) is 12.8 Å². The van der Waals surface area contributed by atoms with E-state index in [1.807, 2.05) is 6.92 Å². The van der Waals surface area contributed by atoms with Crippen LogP contribution >= 0.6 is 0 Å². The van der Waals surface area contributed by atoms with Gasteiger partial charge in [0, 0.05) is 32.0 Å². The number of ether oxygens (including phenoxy) is 4.